The molecule has 0 spiro atoms. The van der Waals surface area contributed by atoms with Crippen molar-refractivity contribution in [2.45, 2.75) is 32.7 Å². The van der Waals surface area contributed by atoms with Crippen LogP contribution in [0.1, 0.15) is 35.7 Å². The lowest BCUT2D eigenvalue weighted by Crippen LogP contribution is -2.51. The number of carbonyl (C=O) groups is 1. The molecule has 0 aliphatic carbocycles. The number of rotatable bonds is 5. The molecule has 168 valence electrons. The van der Waals surface area contributed by atoms with Crippen molar-refractivity contribution in [1.82, 2.24) is 19.9 Å². The molecule has 1 aliphatic rings. The molecule has 1 fully saturated rings. The van der Waals surface area contributed by atoms with Gasteiger partial charge in [0, 0.05) is 31.0 Å². The Balaban J connectivity index is 1.43. The molecule has 2 aromatic carbocycles. The minimum absolute atomic E-state index is 0.0189. The van der Waals surface area contributed by atoms with E-state index in [1.165, 1.54) is 0 Å². The van der Waals surface area contributed by atoms with Gasteiger partial charge in [0.2, 0.25) is 0 Å². The third-order valence-electron chi connectivity index (χ3n) is 6.43. The number of para-hydroxylation sites is 2. The van der Waals surface area contributed by atoms with Gasteiger partial charge in [-0.05, 0) is 49.4 Å². The lowest BCUT2D eigenvalue weighted by Gasteiger charge is -2.40. The Morgan fingerprint density at radius 2 is 1.94 bits per heavy atom. The van der Waals surface area contributed by atoms with Crippen LogP contribution in [0.5, 0.6) is 0 Å². The van der Waals surface area contributed by atoms with Gasteiger partial charge < -0.3 is 14.6 Å². The lowest BCUT2D eigenvalue weighted by atomic mass is 9.89. The van der Waals surface area contributed by atoms with Crippen molar-refractivity contribution in [3.05, 3.63) is 72.1 Å². The molecule has 7 nitrogen and oxygen atoms in total. The fourth-order valence-corrected chi connectivity index (χ4v) is 4.67. The fraction of sp³-hybridized carbons (Fsp3) is 0.308. The van der Waals surface area contributed by atoms with E-state index in [1.54, 1.807) is 18.5 Å². The van der Waals surface area contributed by atoms with Gasteiger partial charge in [0.1, 0.15) is 5.52 Å². The Hall–Kier alpha value is -3.74. The SMILES string of the molecule is Cc1cccc(-c2ncccn2)c1C(=O)N1CCC[C@@H](C)[C@H]1CNc1nc2ccccc2o1. The van der Waals surface area contributed by atoms with Crippen molar-refractivity contribution in [2.75, 3.05) is 18.4 Å². The number of anilines is 1. The summed E-state index contributed by atoms with van der Waals surface area (Å²) in [5.74, 6) is 0.933. The van der Waals surface area contributed by atoms with E-state index in [1.807, 2.05) is 54.3 Å². The Kier molecular flexibility index (Phi) is 5.77. The predicted octanol–water partition coefficient (Wildman–Crippen LogP) is 4.95. The van der Waals surface area contributed by atoms with Crippen molar-refractivity contribution < 1.29 is 9.21 Å². The van der Waals surface area contributed by atoms with Gasteiger partial charge in [-0.15, -0.1) is 0 Å². The first kappa shape index (κ1) is 21.1. The van der Waals surface area contributed by atoms with Crippen molar-refractivity contribution >= 4 is 23.0 Å². The summed E-state index contributed by atoms with van der Waals surface area (Å²) in [7, 11) is 0. The molecule has 2 atom stereocenters. The number of nitrogens with zero attached hydrogens (tertiary/aromatic N) is 4. The minimum Gasteiger partial charge on any atom is -0.424 e. The molecule has 0 bridgehead atoms. The molecular weight excluding hydrogens is 414 g/mol. The molecule has 1 amide bonds. The highest BCUT2D eigenvalue weighted by Crippen LogP contribution is 2.30. The first-order chi connectivity index (χ1) is 16.1. The highest BCUT2D eigenvalue weighted by molar-refractivity contribution is 6.01. The maximum absolute atomic E-state index is 13.9. The minimum atomic E-state index is 0.0189. The van der Waals surface area contributed by atoms with Gasteiger partial charge in [-0.25, -0.2) is 9.97 Å². The molecule has 0 unspecified atom stereocenters. The fourth-order valence-electron chi connectivity index (χ4n) is 4.67. The average Bonchev–Trinajstić information content (AvgIpc) is 3.26. The predicted molar refractivity (Wildman–Crippen MR) is 128 cm³/mol. The van der Waals surface area contributed by atoms with Crippen molar-refractivity contribution in [3.63, 3.8) is 0 Å². The smallest absolute Gasteiger partial charge is 0.295 e. The van der Waals surface area contributed by atoms with Crippen LogP contribution in [0.3, 0.4) is 0 Å². The van der Waals surface area contributed by atoms with E-state index < -0.39 is 0 Å². The second-order valence-electron chi connectivity index (χ2n) is 8.62. The topological polar surface area (TPSA) is 84.2 Å². The van der Waals surface area contributed by atoms with Crippen LogP contribution >= 0.6 is 0 Å². The van der Waals surface area contributed by atoms with E-state index in [4.69, 9.17) is 4.42 Å². The summed E-state index contributed by atoms with van der Waals surface area (Å²) in [5, 5.41) is 3.34. The van der Waals surface area contributed by atoms with Gasteiger partial charge in [0.25, 0.3) is 11.9 Å². The summed E-state index contributed by atoms with van der Waals surface area (Å²) in [5.41, 5.74) is 3.93. The van der Waals surface area contributed by atoms with Crippen LogP contribution in [0.25, 0.3) is 22.5 Å². The molecule has 0 saturated carbocycles. The van der Waals surface area contributed by atoms with Gasteiger partial charge in [-0.2, -0.15) is 4.98 Å². The first-order valence-corrected chi connectivity index (χ1v) is 11.4. The molecular formula is C26H27N5O2. The number of fused-ring (bicyclic) bond motifs is 1. The highest BCUT2D eigenvalue weighted by Gasteiger charge is 2.34. The molecule has 7 heteroatoms. The van der Waals surface area contributed by atoms with Gasteiger partial charge in [-0.1, -0.05) is 37.3 Å². The first-order valence-electron chi connectivity index (χ1n) is 11.4. The summed E-state index contributed by atoms with van der Waals surface area (Å²) in [6.45, 7) is 5.46. The molecule has 33 heavy (non-hydrogen) atoms. The molecule has 3 heterocycles. The number of likely N-dealkylation sites (tertiary alicyclic amines) is 1. The zero-order valence-corrected chi connectivity index (χ0v) is 18.9. The Morgan fingerprint density at radius 3 is 2.76 bits per heavy atom. The van der Waals surface area contributed by atoms with Crippen molar-refractivity contribution in [1.29, 1.82) is 0 Å². The number of benzene rings is 2. The largest absolute Gasteiger partial charge is 0.424 e. The van der Waals surface area contributed by atoms with Gasteiger partial charge in [0.05, 0.1) is 11.6 Å². The van der Waals surface area contributed by atoms with Crippen molar-refractivity contribution in [2.24, 2.45) is 5.92 Å². The second-order valence-corrected chi connectivity index (χ2v) is 8.62. The van der Waals surface area contributed by atoms with Gasteiger partial charge in [0.15, 0.2) is 11.4 Å². The maximum atomic E-state index is 13.9. The normalized spacial score (nSPS) is 18.4. The summed E-state index contributed by atoms with van der Waals surface area (Å²) in [4.78, 5) is 29.2. The van der Waals surface area contributed by atoms with E-state index in [9.17, 15) is 4.79 Å². The number of hydrogen-bond acceptors (Lipinski definition) is 6. The monoisotopic (exact) mass is 441 g/mol. The molecule has 1 aliphatic heterocycles. The number of hydrogen-bond donors (Lipinski definition) is 1. The molecule has 5 rings (SSSR count). The highest BCUT2D eigenvalue weighted by atomic mass is 16.4. The third kappa shape index (κ3) is 4.18. The Bertz CT molecular complexity index is 1240. The Labute approximate surface area is 192 Å². The van der Waals surface area contributed by atoms with Gasteiger partial charge >= 0.3 is 0 Å². The Morgan fingerprint density at radius 1 is 1.12 bits per heavy atom. The zero-order valence-electron chi connectivity index (χ0n) is 18.9. The number of aryl methyl sites for hydroxylation is 1. The van der Waals surface area contributed by atoms with Crippen molar-refractivity contribution in [3.8, 4) is 11.4 Å². The lowest BCUT2D eigenvalue weighted by molar-refractivity contribution is 0.0539. The molecule has 0 radical (unpaired) electrons. The van der Waals surface area contributed by atoms with E-state index in [0.29, 0.717) is 36.4 Å². The third-order valence-corrected chi connectivity index (χ3v) is 6.43. The van der Waals surface area contributed by atoms with E-state index in [-0.39, 0.29) is 11.9 Å². The number of carbonyl (C=O) groups excluding carboxylic acids is 1. The molecule has 1 saturated heterocycles. The van der Waals surface area contributed by atoms with Crippen LogP contribution in [0.4, 0.5) is 6.01 Å². The summed E-state index contributed by atoms with van der Waals surface area (Å²) < 4.78 is 5.83. The molecule has 2 aromatic heterocycles. The van der Waals surface area contributed by atoms with Crippen LogP contribution in [-0.4, -0.2) is 44.9 Å². The van der Waals surface area contributed by atoms with Crippen LogP contribution < -0.4 is 5.32 Å². The number of oxazole rings is 1. The maximum Gasteiger partial charge on any atom is 0.295 e. The molecule has 1 N–H and O–H groups in total. The van der Waals surface area contributed by atoms with Crippen LogP contribution in [-0.2, 0) is 0 Å². The van der Waals surface area contributed by atoms with E-state index in [0.717, 1.165) is 35.1 Å². The van der Waals surface area contributed by atoms with Crippen LogP contribution in [0, 0.1) is 12.8 Å². The average molecular weight is 442 g/mol. The number of amides is 1. The quantitative estimate of drug-likeness (QED) is 0.472. The number of aromatic nitrogens is 3. The van der Waals surface area contributed by atoms with Crippen LogP contribution in [0.15, 0.2) is 65.3 Å². The van der Waals surface area contributed by atoms with E-state index >= 15 is 0 Å². The zero-order chi connectivity index (χ0) is 22.8. The van der Waals surface area contributed by atoms with E-state index in [2.05, 4.69) is 27.2 Å². The second kappa shape index (κ2) is 9.02. The number of nitrogens with one attached hydrogen (secondary N) is 1. The summed E-state index contributed by atoms with van der Waals surface area (Å²) >= 11 is 0. The van der Waals surface area contributed by atoms with Gasteiger partial charge in [-0.3, -0.25) is 4.79 Å². The summed E-state index contributed by atoms with van der Waals surface area (Å²) in [6, 6.07) is 15.8. The molecule has 4 aromatic rings. The number of piperidine rings is 1. The van der Waals surface area contributed by atoms with Crippen LogP contribution in [0.2, 0.25) is 0 Å². The standard InChI is InChI=1S/C26H27N5O2/c1-17-9-6-15-31(21(17)16-29-26-30-20-11-3-4-12-22(20)33-26)25(32)23-18(2)8-5-10-19(23)24-27-13-7-14-28-24/h3-5,7-8,10-14,17,21H,6,9,15-16H2,1-2H3,(H,29,30)/t17-,21-/m1/s1. The summed E-state index contributed by atoms with van der Waals surface area (Å²) in [6.07, 6.45) is 5.46.